The Kier molecular flexibility index (Phi) is 6.45. The topological polar surface area (TPSA) is 58.6 Å². The van der Waals surface area contributed by atoms with Gasteiger partial charge in [0.05, 0.1) is 18.9 Å². The number of sulfone groups is 1. The van der Waals surface area contributed by atoms with E-state index in [1.165, 1.54) is 0 Å². The summed E-state index contributed by atoms with van der Waals surface area (Å²) in [6, 6.07) is 9.71. The summed E-state index contributed by atoms with van der Waals surface area (Å²) in [5, 5.41) is 2.69. The average Bonchev–Trinajstić information content (AvgIpc) is 2.67. The highest BCUT2D eigenvalue weighted by molar-refractivity contribution is 7.92. The third-order valence-electron chi connectivity index (χ3n) is 4.52. The lowest BCUT2D eigenvalue weighted by Gasteiger charge is -2.26. The van der Waals surface area contributed by atoms with E-state index in [4.69, 9.17) is 4.74 Å². The first-order chi connectivity index (χ1) is 13.7. The Bertz CT molecular complexity index is 958. The minimum Gasteiger partial charge on any atom is -0.380 e. The van der Waals surface area contributed by atoms with E-state index in [9.17, 15) is 26.0 Å². The molecule has 1 aliphatic rings. The van der Waals surface area contributed by atoms with Crippen LogP contribution in [0.2, 0.25) is 0 Å². The highest BCUT2D eigenvalue weighted by atomic mass is 32.2. The molecule has 1 N–H and O–H groups in total. The summed E-state index contributed by atoms with van der Waals surface area (Å²) >= 11 is 0. The SMILES string of the molecule is O=S(=O)(c1cc(F)ccc1NCc1cccc(CN2CCOCC2)c1)C(F)(F)F. The predicted molar refractivity (Wildman–Crippen MR) is 99.5 cm³/mol. The fourth-order valence-electron chi connectivity index (χ4n) is 3.04. The van der Waals surface area contributed by atoms with E-state index in [1.807, 2.05) is 18.2 Å². The van der Waals surface area contributed by atoms with Crippen LogP contribution in [0, 0.1) is 5.82 Å². The highest BCUT2D eigenvalue weighted by Crippen LogP contribution is 2.35. The third-order valence-corrected chi connectivity index (χ3v) is 6.05. The number of halogens is 4. The van der Waals surface area contributed by atoms with Gasteiger partial charge in [0.15, 0.2) is 0 Å². The number of nitrogens with zero attached hydrogens (tertiary/aromatic N) is 1. The number of morpholine rings is 1. The van der Waals surface area contributed by atoms with Crippen LogP contribution >= 0.6 is 0 Å². The Labute approximate surface area is 166 Å². The molecule has 5 nitrogen and oxygen atoms in total. The molecule has 158 valence electrons. The lowest BCUT2D eigenvalue weighted by Crippen LogP contribution is -2.35. The van der Waals surface area contributed by atoms with Crippen molar-refractivity contribution in [3.63, 3.8) is 0 Å². The molecule has 0 aliphatic carbocycles. The molecule has 1 heterocycles. The Morgan fingerprint density at radius 3 is 2.41 bits per heavy atom. The van der Waals surface area contributed by atoms with Crippen molar-refractivity contribution in [2.75, 3.05) is 31.6 Å². The molecule has 0 atom stereocenters. The smallest absolute Gasteiger partial charge is 0.380 e. The first-order valence-electron chi connectivity index (χ1n) is 8.89. The van der Waals surface area contributed by atoms with Gasteiger partial charge in [0.1, 0.15) is 10.7 Å². The van der Waals surface area contributed by atoms with Gasteiger partial charge in [-0.1, -0.05) is 24.3 Å². The van der Waals surface area contributed by atoms with E-state index >= 15 is 0 Å². The van der Waals surface area contributed by atoms with Crippen LogP contribution in [0.15, 0.2) is 47.4 Å². The fourth-order valence-corrected chi connectivity index (χ4v) is 3.99. The van der Waals surface area contributed by atoms with Crippen LogP contribution in [0.1, 0.15) is 11.1 Å². The second-order valence-corrected chi connectivity index (χ2v) is 8.56. The molecule has 0 unspecified atom stereocenters. The van der Waals surface area contributed by atoms with Gasteiger partial charge in [-0.2, -0.15) is 13.2 Å². The summed E-state index contributed by atoms with van der Waals surface area (Å²) < 4.78 is 81.0. The molecule has 1 aliphatic heterocycles. The monoisotopic (exact) mass is 432 g/mol. The number of anilines is 1. The molecule has 0 amide bonds. The molecule has 10 heteroatoms. The summed E-state index contributed by atoms with van der Waals surface area (Å²) in [6.45, 7) is 3.77. The number of nitrogens with one attached hydrogen (secondary N) is 1. The standard InChI is InChI=1S/C19H20F4N2O3S/c20-16-4-5-17(18(11-16)29(26,27)19(21,22)23)24-12-14-2-1-3-15(10-14)13-25-6-8-28-9-7-25/h1-5,10-11,24H,6-9,12-13H2. The fraction of sp³-hybridized carbons (Fsp3) is 0.368. The number of hydrogen-bond donors (Lipinski definition) is 1. The van der Waals surface area contributed by atoms with Crippen LogP contribution < -0.4 is 5.32 Å². The zero-order valence-electron chi connectivity index (χ0n) is 15.4. The van der Waals surface area contributed by atoms with Crippen LogP contribution in [0.25, 0.3) is 0 Å². The predicted octanol–water partition coefficient (Wildman–Crippen LogP) is 3.56. The summed E-state index contributed by atoms with van der Waals surface area (Å²) in [7, 11) is -5.68. The van der Waals surface area contributed by atoms with Gasteiger partial charge in [-0.25, -0.2) is 12.8 Å². The molecular weight excluding hydrogens is 412 g/mol. The Hall–Kier alpha value is -2.17. The molecular formula is C19H20F4N2O3S. The van der Waals surface area contributed by atoms with E-state index in [-0.39, 0.29) is 12.2 Å². The van der Waals surface area contributed by atoms with E-state index in [2.05, 4.69) is 10.2 Å². The van der Waals surface area contributed by atoms with Crippen LogP contribution in [0.5, 0.6) is 0 Å². The zero-order valence-corrected chi connectivity index (χ0v) is 16.2. The summed E-state index contributed by atoms with van der Waals surface area (Å²) in [5.74, 6) is -1.06. The third kappa shape index (κ3) is 5.26. The highest BCUT2D eigenvalue weighted by Gasteiger charge is 2.48. The molecule has 2 aromatic carbocycles. The lowest BCUT2D eigenvalue weighted by atomic mass is 10.1. The van der Waals surface area contributed by atoms with Crippen molar-refractivity contribution in [1.29, 1.82) is 0 Å². The van der Waals surface area contributed by atoms with Gasteiger partial charge < -0.3 is 10.1 Å². The molecule has 0 radical (unpaired) electrons. The maximum absolute atomic E-state index is 13.4. The van der Waals surface area contributed by atoms with Crippen molar-refractivity contribution in [1.82, 2.24) is 4.90 Å². The van der Waals surface area contributed by atoms with Gasteiger partial charge in [0.2, 0.25) is 0 Å². The van der Waals surface area contributed by atoms with Crippen molar-refractivity contribution >= 4 is 15.5 Å². The maximum Gasteiger partial charge on any atom is 0.501 e. The minimum absolute atomic E-state index is 0.0863. The molecule has 29 heavy (non-hydrogen) atoms. The van der Waals surface area contributed by atoms with Crippen LogP contribution in [-0.2, 0) is 27.7 Å². The number of ether oxygens (including phenoxy) is 1. The number of benzene rings is 2. The van der Waals surface area contributed by atoms with E-state index in [0.717, 1.165) is 36.3 Å². The maximum atomic E-state index is 13.4. The van der Waals surface area contributed by atoms with Crippen LogP contribution in [0.4, 0.5) is 23.2 Å². The van der Waals surface area contributed by atoms with Crippen molar-refractivity contribution < 1.29 is 30.7 Å². The van der Waals surface area contributed by atoms with E-state index < -0.39 is 26.1 Å². The van der Waals surface area contributed by atoms with Crippen LogP contribution in [0.3, 0.4) is 0 Å². The lowest BCUT2D eigenvalue weighted by molar-refractivity contribution is -0.0435. The normalized spacial score (nSPS) is 16.0. The number of hydrogen-bond acceptors (Lipinski definition) is 5. The van der Waals surface area contributed by atoms with Gasteiger partial charge in [-0.15, -0.1) is 0 Å². The molecule has 0 aromatic heterocycles. The molecule has 3 rings (SSSR count). The second kappa shape index (κ2) is 8.68. The first kappa shape index (κ1) is 21.5. The van der Waals surface area contributed by atoms with Gasteiger partial charge in [-0.05, 0) is 29.3 Å². The van der Waals surface area contributed by atoms with E-state index in [1.54, 1.807) is 6.07 Å². The average molecular weight is 432 g/mol. The summed E-state index contributed by atoms with van der Waals surface area (Å²) in [4.78, 5) is 1.10. The Balaban J connectivity index is 1.76. The van der Waals surface area contributed by atoms with Crippen molar-refractivity contribution in [3.8, 4) is 0 Å². The van der Waals surface area contributed by atoms with Gasteiger partial charge >= 0.3 is 5.51 Å². The Morgan fingerprint density at radius 1 is 1.03 bits per heavy atom. The van der Waals surface area contributed by atoms with Crippen molar-refractivity contribution in [2.24, 2.45) is 0 Å². The van der Waals surface area contributed by atoms with E-state index in [0.29, 0.717) is 25.8 Å². The van der Waals surface area contributed by atoms with Crippen molar-refractivity contribution in [2.45, 2.75) is 23.5 Å². The molecule has 0 bridgehead atoms. The Morgan fingerprint density at radius 2 is 1.72 bits per heavy atom. The van der Waals surface area contributed by atoms with Crippen molar-refractivity contribution in [3.05, 3.63) is 59.4 Å². The number of rotatable bonds is 6. The number of alkyl halides is 3. The minimum atomic E-state index is -5.68. The first-order valence-corrected chi connectivity index (χ1v) is 10.4. The second-order valence-electron chi connectivity index (χ2n) is 6.65. The molecule has 1 fully saturated rings. The van der Waals surface area contributed by atoms with Crippen LogP contribution in [-0.4, -0.2) is 45.1 Å². The molecule has 2 aromatic rings. The molecule has 0 saturated carbocycles. The molecule has 0 spiro atoms. The summed E-state index contributed by atoms with van der Waals surface area (Å²) in [6.07, 6.45) is 0. The van der Waals surface area contributed by atoms with Gasteiger partial charge in [0.25, 0.3) is 9.84 Å². The van der Waals surface area contributed by atoms with Gasteiger partial charge in [-0.3, -0.25) is 4.90 Å². The van der Waals surface area contributed by atoms with Gasteiger partial charge in [0, 0.05) is 26.2 Å². The quantitative estimate of drug-likeness (QED) is 0.708. The zero-order chi connectivity index (χ0) is 21.1. The largest absolute Gasteiger partial charge is 0.501 e. The summed E-state index contributed by atoms with van der Waals surface area (Å²) in [5.41, 5.74) is -4.04. The molecule has 1 saturated heterocycles.